The summed E-state index contributed by atoms with van der Waals surface area (Å²) in [6.07, 6.45) is 4.00. The lowest BCUT2D eigenvalue weighted by Crippen LogP contribution is -2.47. The van der Waals surface area contributed by atoms with Gasteiger partial charge in [0.2, 0.25) is 0 Å². The van der Waals surface area contributed by atoms with Gasteiger partial charge in [-0.3, -0.25) is 0 Å². The van der Waals surface area contributed by atoms with Crippen molar-refractivity contribution in [3.8, 4) is 11.5 Å². The quantitative estimate of drug-likeness (QED) is 0.829. The van der Waals surface area contributed by atoms with E-state index in [0.717, 1.165) is 61.5 Å². The minimum atomic E-state index is -0.0416. The van der Waals surface area contributed by atoms with Crippen LogP contribution >= 0.6 is 15.9 Å². The summed E-state index contributed by atoms with van der Waals surface area (Å²) < 4.78 is 23.8. The average Bonchev–Trinajstić information content (AvgIpc) is 2.50. The van der Waals surface area contributed by atoms with Crippen LogP contribution in [0, 0.1) is 0 Å². The molecule has 2 heterocycles. The highest BCUT2D eigenvalue weighted by molar-refractivity contribution is 9.10. The molecule has 1 aromatic carbocycles. The normalized spacial score (nSPS) is 24.8. The van der Waals surface area contributed by atoms with Gasteiger partial charge in [0, 0.05) is 26.1 Å². The molecule has 0 bridgehead atoms. The molecule has 1 spiro atoms. The molecule has 1 atom stereocenters. The lowest BCUT2D eigenvalue weighted by molar-refractivity contribution is -0.155. The first-order chi connectivity index (χ1) is 10.2. The van der Waals surface area contributed by atoms with Crippen molar-refractivity contribution in [3.05, 3.63) is 22.7 Å². The molecule has 1 aromatic rings. The summed E-state index contributed by atoms with van der Waals surface area (Å²) in [5.41, 5.74) is -0.0416. The highest BCUT2D eigenvalue weighted by Gasteiger charge is 2.40. The van der Waals surface area contributed by atoms with Crippen molar-refractivity contribution >= 4 is 15.9 Å². The molecular weight excluding hydrogens is 336 g/mol. The Bertz CT molecular complexity index is 480. The number of benzene rings is 1. The number of hydrogen-bond acceptors (Lipinski definition) is 4. The molecule has 3 rings (SSSR count). The van der Waals surface area contributed by atoms with Crippen LogP contribution in [0.3, 0.4) is 0 Å². The highest BCUT2D eigenvalue weighted by Crippen LogP contribution is 2.37. The second-order valence-electron chi connectivity index (χ2n) is 5.67. The monoisotopic (exact) mass is 356 g/mol. The molecule has 4 nitrogen and oxygen atoms in total. The van der Waals surface area contributed by atoms with Crippen molar-refractivity contribution in [2.45, 2.75) is 37.4 Å². The first-order valence-corrected chi connectivity index (χ1v) is 8.22. The molecule has 2 aliphatic heterocycles. The predicted octanol–water partition coefficient (Wildman–Crippen LogP) is 3.56. The third kappa shape index (κ3) is 3.52. The van der Waals surface area contributed by atoms with Gasteiger partial charge in [0.05, 0.1) is 23.8 Å². The zero-order valence-electron chi connectivity index (χ0n) is 12.3. The molecule has 2 saturated heterocycles. The van der Waals surface area contributed by atoms with Gasteiger partial charge in [0.25, 0.3) is 0 Å². The van der Waals surface area contributed by atoms with Crippen LogP contribution in [-0.4, -0.2) is 38.6 Å². The molecule has 0 aromatic heterocycles. The lowest BCUT2D eigenvalue weighted by atomic mass is 9.85. The van der Waals surface area contributed by atoms with E-state index in [0.29, 0.717) is 0 Å². The van der Waals surface area contributed by atoms with Crippen molar-refractivity contribution < 1.29 is 18.9 Å². The van der Waals surface area contributed by atoms with Crippen molar-refractivity contribution in [3.63, 3.8) is 0 Å². The lowest BCUT2D eigenvalue weighted by Gasteiger charge is -2.43. The molecule has 0 saturated carbocycles. The number of ether oxygens (including phenoxy) is 4. The third-order valence-corrected chi connectivity index (χ3v) is 4.90. The molecule has 0 radical (unpaired) electrons. The van der Waals surface area contributed by atoms with E-state index in [9.17, 15) is 0 Å². The van der Waals surface area contributed by atoms with E-state index in [1.807, 2.05) is 18.2 Å². The predicted molar refractivity (Wildman–Crippen MR) is 83.1 cm³/mol. The SMILES string of the molecule is COc1ccc(OC2CCOC3(CCOCC3)C2)c(Br)c1. The van der Waals surface area contributed by atoms with E-state index in [-0.39, 0.29) is 11.7 Å². The first kappa shape index (κ1) is 15.1. The molecule has 21 heavy (non-hydrogen) atoms. The first-order valence-electron chi connectivity index (χ1n) is 7.43. The summed E-state index contributed by atoms with van der Waals surface area (Å²) >= 11 is 3.55. The summed E-state index contributed by atoms with van der Waals surface area (Å²) in [5.74, 6) is 1.69. The summed E-state index contributed by atoms with van der Waals surface area (Å²) in [4.78, 5) is 0. The van der Waals surface area contributed by atoms with Crippen LogP contribution in [0.5, 0.6) is 11.5 Å². The van der Waals surface area contributed by atoms with Crippen molar-refractivity contribution in [2.75, 3.05) is 26.9 Å². The summed E-state index contributed by atoms with van der Waals surface area (Å²) in [7, 11) is 1.66. The van der Waals surface area contributed by atoms with E-state index in [4.69, 9.17) is 18.9 Å². The van der Waals surface area contributed by atoms with Gasteiger partial charge in [0.15, 0.2) is 0 Å². The molecular formula is C16H21BrO4. The molecule has 2 aliphatic rings. The zero-order chi connectivity index (χ0) is 14.7. The Hall–Kier alpha value is -0.780. The largest absolute Gasteiger partial charge is 0.497 e. The molecule has 0 aliphatic carbocycles. The molecule has 116 valence electrons. The van der Waals surface area contributed by atoms with Crippen LogP contribution < -0.4 is 9.47 Å². The maximum atomic E-state index is 6.19. The molecule has 2 fully saturated rings. The van der Waals surface area contributed by atoms with Crippen molar-refractivity contribution in [1.82, 2.24) is 0 Å². The Labute approximate surface area is 133 Å². The van der Waals surface area contributed by atoms with Gasteiger partial charge in [-0.25, -0.2) is 0 Å². The minimum Gasteiger partial charge on any atom is -0.497 e. The van der Waals surface area contributed by atoms with E-state index in [1.165, 1.54) is 0 Å². The van der Waals surface area contributed by atoms with Crippen LogP contribution in [0.4, 0.5) is 0 Å². The Balaban J connectivity index is 1.67. The van der Waals surface area contributed by atoms with Gasteiger partial charge in [-0.15, -0.1) is 0 Å². The standard InChI is InChI=1S/C16H21BrO4/c1-18-12-2-3-15(14(17)10-12)21-13-4-7-20-16(11-13)5-8-19-9-6-16/h2-3,10,13H,4-9,11H2,1H3. The highest BCUT2D eigenvalue weighted by atomic mass is 79.9. The van der Waals surface area contributed by atoms with Gasteiger partial charge in [-0.05, 0) is 47.0 Å². The van der Waals surface area contributed by atoms with Crippen LogP contribution in [0.15, 0.2) is 22.7 Å². The maximum Gasteiger partial charge on any atom is 0.134 e. The van der Waals surface area contributed by atoms with Crippen LogP contribution in [0.1, 0.15) is 25.7 Å². The van der Waals surface area contributed by atoms with Gasteiger partial charge < -0.3 is 18.9 Å². The number of hydrogen-bond donors (Lipinski definition) is 0. The average molecular weight is 357 g/mol. The second-order valence-corrected chi connectivity index (χ2v) is 6.53. The molecule has 0 N–H and O–H groups in total. The summed E-state index contributed by atoms with van der Waals surface area (Å²) in [6, 6.07) is 5.80. The van der Waals surface area contributed by atoms with Crippen LogP contribution in [-0.2, 0) is 9.47 Å². The fourth-order valence-electron chi connectivity index (χ4n) is 3.06. The third-order valence-electron chi connectivity index (χ3n) is 4.28. The van der Waals surface area contributed by atoms with Gasteiger partial charge in [-0.1, -0.05) is 0 Å². The summed E-state index contributed by atoms with van der Waals surface area (Å²) in [5, 5.41) is 0. The Kier molecular flexibility index (Phi) is 4.72. The van der Waals surface area contributed by atoms with Gasteiger partial charge in [-0.2, -0.15) is 0 Å². The van der Waals surface area contributed by atoms with E-state index in [2.05, 4.69) is 15.9 Å². The fourth-order valence-corrected chi connectivity index (χ4v) is 3.51. The molecule has 0 amide bonds. The molecule has 1 unspecified atom stereocenters. The maximum absolute atomic E-state index is 6.19. The topological polar surface area (TPSA) is 36.9 Å². The van der Waals surface area contributed by atoms with Crippen LogP contribution in [0.25, 0.3) is 0 Å². The van der Waals surface area contributed by atoms with Gasteiger partial charge >= 0.3 is 0 Å². The smallest absolute Gasteiger partial charge is 0.134 e. The Morgan fingerprint density at radius 3 is 2.76 bits per heavy atom. The van der Waals surface area contributed by atoms with E-state index < -0.39 is 0 Å². The Morgan fingerprint density at radius 1 is 1.24 bits per heavy atom. The van der Waals surface area contributed by atoms with Crippen molar-refractivity contribution in [1.29, 1.82) is 0 Å². The van der Waals surface area contributed by atoms with E-state index in [1.54, 1.807) is 7.11 Å². The Morgan fingerprint density at radius 2 is 2.05 bits per heavy atom. The minimum absolute atomic E-state index is 0.0416. The number of methoxy groups -OCH3 is 1. The number of rotatable bonds is 3. The van der Waals surface area contributed by atoms with Gasteiger partial charge in [0.1, 0.15) is 17.6 Å². The zero-order valence-corrected chi connectivity index (χ0v) is 13.9. The number of halogens is 1. The van der Waals surface area contributed by atoms with Crippen LogP contribution in [0.2, 0.25) is 0 Å². The second kappa shape index (κ2) is 6.55. The fraction of sp³-hybridized carbons (Fsp3) is 0.625. The van der Waals surface area contributed by atoms with Crippen molar-refractivity contribution in [2.24, 2.45) is 0 Å². The summed E-state index contributed by atoms with van der Waals surface area (Å²) in [6.45, 7) is 2.34. The molecule has 5 heteroatoms. The van der Waals surface area contributed by atoms with E-state index >= 15 is 0 Å².